The average molecular weight is 265 g/mol. The molecular formula is C15H21ClN2. The number of aryl methyl sites for hydroxylation is 2. The molecule has 0 saturated carbocycles. The molecule has 0 amide bonds. The standard InChI is InChI=1S/C15H21ClN2/c1-11-7-12(2)14(13(16)8-11)18-5-3-15(4-6-18)9-17-10-15/h7-8,17H,3-6,9-10H2,1-2H3. The van der Waals surface area contributed by atoms with Crippen LogP contribution in [0.3, 0.4) is 0 Å². The van der Waals surface area contributed by atoms with Crippen LogP contribution < -0.4 is 10.2 Å². The number of piperidine rings is 1. The van der Waals surface area contributed by atoms with Gasteiger partial charge in [0.1, 0.15) is 0 Å². The van der Waals surface area contributed by atoms with Gasteiger partial charge in [-0.3, -0.25) is 0 Å². The largest absolute Gasteiger partial charge is 0.370 e. The second-order valence-corrected chi connectivity index (χ2v) is 6.41. The number of anilines is 1. The van der Waals surface area contributed by atoms with E-state index in [-0.39, 0.29) is 0 Å². The maximum absolute atomic E-state index is 6.43. The van der Waals surface area contributed by atoms with Crippen molar-refractivity contribution in [3.05, 3.63) is 28.3 Å². The molecular weight excluding hydrogens is 244 g/mol. The SMILES string of the molecule is Cc1cc(C)c(N2CCC3(CC2)CNC3)c(Cl)c1. The molecule has 1 aromatic carbocycles. The number of hydrogen-bond acceptors (Lipinski definition) is 2. The summed E-state index contributed by atoms with van der Waals surface area (Å²) in [6, 6.07) is 4.32. The van der Waals surface area contributed by atoms with E-state index < -0.39 is 0 Å². The molecule has 3 rings (SSSR count). The van der Waals surface area contributed by atoms with E-state index in [1.54, 1.807) is 0 Å². The molecule has 2 fully saturated rings. The lowest BCUT2D eigenvalue weighted by Gasteiger charge is -2.49. The van der Waals surface area contributed by atoms with Crippen molar-refractivity contribution in [2.45, 2.75) is 26.7 Å². The second-order valence-electron chi connectivity index (χ2n) is 6.00. The summed E-state index contributed by atoms with van der Waals surface area (Å²) in [6.45, 7) is 8.98. The van der Waals surface area contributed by atoms with E-state index >= 15 is 0 Å². The zero-order valence-corrected chi connectivity index (χ0v) is 12.0. The zero-order valence-electron chi connectivity index (χ0n) is 11.2. The molecule has 1 spiro atoms. The summed E-state index contributed by atoms with van der Waals surface area (Å²) in [5.74, 6) is 0. The van der Waals surface area contributed by atoms with Crippen LogP contribution in [-0.4, -0.2) is 26.2 Å². The fourth-order valence-electron chi connectivity index (χ4n) is 3.35. The van der Waals surface area contributed by atoms with Gasteiger partial charge >= 0.3 is 0 Å². The number of halogens is 1. The molecule has 0 aliphatic carbocycles. The first-order valence-electron chi connectivity index (χ1n) is 6.82. The molecule has 3 heteroatoms. The van der Waals surface area contributed by atoms with E-state index in [1.807, 2.05) is 0 Å². The lowest BCUT2D eigenvalue weighted by atomic mass is 9.73. The van der Waals surface area contributed by atoms with Gasteiger partial charge in [0.25, 0.3) is 0 Å². The average Bonchev–Trinajstić information content (AvgIpc) is 2.26. The summed E-state index contributed by atoms with van der Waals surface area (Å²) in [6.07, 6.45) is 2.59. The first-order chi connectivity index (χ1) is 8.60. The Hall–Kier alpha value is -0.730. The molecule has 2 aliphatic rings. The molecule has 2 aliphatic heterocycles. The Morgan fingerprint density at radius 1 is 1.17 bits per heavy atom. The van der Waals surface area contributed by atoms with Crippen molar-refractivity contribution in [3.8, 4) is 0 Å². The minimum Gasteiger partial charge on any atom is -0.370 e. The van der Waals surface area contributed by atoms with E-state index in [1.165, 1.54) is 42.7 Å². The summed E-state index contributed by atoms with van der Waals surface area (Å²) >= 11 is 6.43. The first-order valence-corrected chi connectivity index (χ1v) is 7.20. The Morgan fingerprint density at radius 3 is 2.33 bits per heavy atom. The molecule has 2 nitrogen and oxygen atoms in total. The maximum Gasteiger partial charge on any atom is 0.0644 e. The molecule has 1 N–H and O–H groups in total. The van der Waals surface area contributed by atoms with Crippen molar-refractivity contribution in [3.63, 3.8) is 0 Å². The molecule has 0 aromatic heterocycles. The van der Waals surface area contributed by atoms with E-state index in [9.17, 15) is 0 Å². The third-order valence-corrected chi connectivity index (χ3v) is 4.83. The fourth-order valence-corrected chi connectivity index (χ4v) is 3.79. The van der Waals surface area contributed by atoms with Gasteiger partial charge in [0.05, 0.1) is 10.7 Å². The zero-order chi connectivity index (χ0) is 12.8. The van der Waals surface area contributed by atoms with Crippen LogP contribution in [-0.2, 0) is 0 Å². The molecule has 1 aromatic rings. The highest BCUT2D eigenvalue weighted by molar-refractivity contribution is 6.33. The number of hydrogen-bond donors (Lipinski definition) is 1. The fraction of sp³-hybridized carbons (Fsp3) is 0.600. The lowest BCUT2D eigenvalue weighted by Crippen LogP contribution is -2.58. The van der Waals surface area contributed by atoms with E-state index in [2.05, 4.69) is 36.2 Å². The van der Waals surface area contributed by atoms with Crippen LogP contribution in [0, 0.1) is 19.3 Å². The minimum absolute atomic E-state index is 0.599. The summed E-state index contributed by atoms with van der Waals surface area (Å²) in [5.41, 5.74) is 4.41. The van der Waals surface area contributed by atoms with E-state index in [0.717, 1.165) is 18.1 Å². The van der Waals surface area contributed by atoms with Gasteiger partial charge in [0, 0.05) is 26.2 Å². The van der Waals surface area contributed by atoms with Crippen molar-refractivity contribution in [2.24, 2.45) is 5.41 Å². The molecule has 2 heterocycles. The molecule has 2 saturated heterocycles. The van der Waals surface area contributed by atoms with Crippen LogP contribution in [0.4, 0.5) is 5.69 Å². The number of benzene rings is 1. The van der Waals surface area contributed by atoms with E-state index in [4.69, 9.17) is 11.6 Å². The highest BCUT2D eigenvalue weighted by Gasteiger charge is 2.39. The van der Waals surface area contributed by atoms with Gasteiger partial charge in [-0.25, -0.2) is 0 Å². The third-order valence-electron chi connectivity index (χ3n) is 4.54. The quantitative estimate of drug-likeness (QED) is 0.838. The Balaban J connectivity index is 1.80. The Labute approximate surface area is 114 Å². The van der Waals surface area contributed by atoms with Crippen LogP contribution in [0.15, 0.2) is 12.1 Å². The number of rotatable bonds is 1. The van der Waals surface area contributed by atoms with Crippen molar-refractivity contribution in [2.75, 3.05) is 31.1 Å². The van der Waals surface area contributed by atoms with Gasteiger partial charge in [0.2, 0.25) is 0 Å². The highest BCUT2D eigenvalue weighted by Crippen LogP contribution is 2.39. The Morgan fingerprint density at radius 2 is 1.83 bits per heavy atom. The van der Waals surface area contributed by atoms with Crippen molar-refractivity contribution >= 4 is 17.3 Å². The highest BCUT2D eigenvalue weighted by atomic mass is 35.5. The predicted molar refractivity (Wildman–Crippen MR) is 77.7 cm³/mol. The normalized spacial score (nSPS) is 22.1. The topological polar surface area (TPSA) is 15.3 Å². The summed E-state index contributed by atoms with van der Waals surface area (Å²) < 4.78 is 0. The molecule has 18 heavy (non-hydrogen) atoms. The number of nitrogens with zero attached hydrogens (tertiary/aromatic N) is 1. The predicted octanol–water partition coefficient (Wildman–Crippen LogP) is 3.15. The Kier molecular flexibility index (Phi) is 3.03. The van der Waals surface area contributed by atoms with Crippen LogP contribution in [0.5, 0.6) is 0 Å². The van der Waals surface area contributed by atoms with Crippen LogP contribution in [0.1, 0.15) is 24.0 Å². The van der Waals surface area contributed by atoms with Gasteiger partial charge in [-0.1, -0.05) is 17.7 Å². The molecule has 0 radical (unpaired) electrons. The van der Waals surface area contributed by atoms with Gasteiger partial charge in [-0.05, 0) is 49.3 Å². The van der Waals surface area contributed by atoms with Gasteiger partial charge in [-0.15, -0.1) is 0 Å². The van der Waals surface area contributed by atoms with Gasteiger partial charge < -0.3 is 10.2 Å². The third kappa shape index (κ3) is 2.02. The first kappa shape index (κ1) is 12.3. The molecule has 98 valence electrons. The van der Waals surface area contributed by atoms with E-state index in [0.29, 0.717) is 5.41 Å². The van der Waals surface area contributed by atoms with Crippen molar-refractivity contribution in [1.82, 2.24) is 5.32 Å². The summed E-state index contributed by atoms with van der Waals surface area (Å²) in [4.78, 5) is 2.47. The van der Waals surface area contributed by atoms with Crippen molar-refractivity contribution in [1.29, 1.82) is 0 Å². The van der Waals surface area contributed by atoms with Crippen LogP contribution in [0.2, 0.25) is 5.02 Å². The molecule has 0 unspecified atom stereocenters. The maximum atomic E-state index is 6.43. The number of nitrogens with one attached hydrogen (secondary N) is 1. The Bertz CT molecular complexity index is 433. The van der Waals surface area contributed by atoms with Crippen molar-refractivity contribution < 1.29 is 0 Å². The van der Waals surface area contributed by atoms with Gasteiger partial charge in [0.15, 0.2) is 0 Å². The lowest BCUT2D eigenvalue weighted by molar-refractivity contribution is 0.126. The summed E-state index contributed by atoms with van der Waals surface area (Å²) in [7, 11) is 0. The monoisotopic (exact) mass is 264 g/mol. The summed E-state index contributed by atoms with van der Waals surface area (Å²) in [5, 5.41) is 4.32. The van der Waals surface area contributed by atoms with Crippen LogP contribution >= 0.6 is 11.6 Å². The molecule has 0 bridgehead atoms. The van der Waals surface area contributed by atoms with Gasteiger partial charge in [-0.2, -0.15) is 0 Å². The molecule has 0 atom stereocenters. The second kappa shape index (κ2) is 4.43. The van der Waals surface area contributed by atoms with Crippen LogP contribution in [0.25, 0.3) is 0 Å². The smallest absolute Gasteiger partial charge is 0.0644 e. The minimum atomic E-state index is 0.599.